The molecule has 1 amide bonds. The fourth-order valence-corrected chi connectivity index (χ4v) is 1.46. The van der Waals surface area contributed by atoms with Gasteiger partial charge in [-0.1, -0.05) is 13.3 Å². The van der Waals surface area contributed by atoms with Crippen LogP contribution in [0.25, 0.3) is 0 Å². The summed E-state index contributed by atoms with van der Waals surface area (Å²) in [5, 5.41) is 0. The van der Waals surface area contributed by atoms with Gasteiger partial charge in [-0.2, -0.15) is 0 Å². The van der Waals surface area contributed by atoms with Crippen molar-refractivity contribution in [2.75, 3.05) is 11.4 Å². The molecule has 2 nitrogen and oxygen atoms in total. The Balaban J connectivity index is 2.96. The predicted molar refractivity (Wildman–Crippen MR) is 59.3 cm³/mol. The van der Waals surface area contributed by atoms with E-state index in [4.69, 9.17) is 0 Å². The Bertz CT molecular complexity index is 379. The van der Waals surface area contributed by atoms with E-state index in [-0.39, 0.29) is 11.6 Å². The van der Waals surface area contributed by atoms with Gasteiger partial charge in [0.05, 0.1) is 5.69 Å². The molecule has 0 atom stereocenters. The smallest absolute Gasteiger partial charge is 0.223 e. The molecule has 4 heteroatoms. The van der Waals surface area contributed by atoms with Gasteiger partial charge in [0.25, 0.3) is 0 Å². The molecule has 0 heterocycles. The number of benzene rings is 1. The number of carbonyl (C=O) groups is 1. The van der Waals surface area contributed by atoms with Crippen LogP contribution in [0.3, 0.4) is 0 Å². The van der Waals surface area contributed by atoms with Crippen LogP contribution >= 0.6 is 0 Å². The Labute approximate surface area is 93.9 Å². The topological polar surface area (TPSA) is 20.3 Å². The fraction of sp³-hybridized carbons (Fsp3) is 0.417. The van der Waals surface area contributed by atoms with Gasteiger partial charge in [-0.05, 0) is 18.6 Å². The first kappa shape index (κ1) is 12.6. The SMILES string of the molecule is CCCCN(C(C)=O)c1ccc(F)cc1F. The number of carbonyl (C=O) groups excluding carboxylic acids is 1. The Morgan fingerprint density at radius 1 is 1.38 bits per heavy atom. The molecule has 0 aliphatic rings. The normalized spacial score (nSPS) is 10.2. The van der Waals surface area contributed by atoms with Crippen LogP contribution < -0.4 is 4.90 Å². The molecular formula is C12H15F2NO. The number of rotatable bonds is 4. The summed E-state index contributed by atoms with van der Waals surface area (Å²) >= 11 is 0. The van der Waals surface area contributed by atoms with E-state index in [2.05, 4.69) is 0 Å². The second kappa shape index (κ2) is 5.58. The first-order valence-corrected chi connectivity index (χ1v) is 5.29. The second-order valence-electron chi connectivity index (χ2n) is 3.62. The number of nitrogens with zero attached hydrogens (tertiary/aromatic N) is 1. The van der Waals surface area contributed by atoms with Crippen molar-refractivity contribution in [3.8, 4) is 0 Å². The second-order valence-corrected chi connectivity index (χ2v) is 3.62. The summed E-state index contributed by atoms with van der Waals surface area (Å²) in [7, 11) is 0. The van der Waals surface area contributed by atoms with Gasteiger partial charge in [-0.25, -0.2) is 8.78 Å². The highest BCUT2D eigenvalue weighted by Crippen LogP contribution is 2.20. The molecule has 88 valence electrons. The molecule has 0 saturated carbocycles. The number of hydrogen-bond donors (Lipinski definition) is 0. The van der Waals surface area contributed by atoms with E-state index in [1.165, 1.54) is 17.9 Å². The molecule has 1 aromatic rings. The Kier molecular flexibility index (Phi) is 4.40. The van der Waals surface area contributed by atoms with Crippen LogP contribution in [0, 0.1) is 11.6 Å². The lowest BCUT2D eigenvalue weighted by molar-refractivity contribution is -0.116. The Morgan fingerprint density at radius 3 is 2.56 bits per heavy atom. The number of amides is 1. The fourth-order valence-electron chi connectivity index (χ4n) is 1.46. The lowest BCUT2D eigenvalue weighted by Gasteiger charge is -2.21. The quantitative estimate of drug-likeness (QED) is 0.773. The van der Waals surface area contributed by atoms with Crippen LogP contribution in [0.4, 0.5) is 14.5 Å². The lowest BCUT2D eigenvalue weighted by Crippen LogP contribution is -2.30. The van der Waals surface area contributed by atoms with E-state index in [0.717, 1.165) is 25.0 Å². The van der Waals surface area contributed by atoms with Gasteiger partial charge in [0, 0.05) is 19.5 Å². The highest BCUT2D eigenvalue weighted by molar-refractivity contribution is 5.91. The molecule has 0 saturated heterocycles. The van der Waals surface area contributed by atoms with Crippen molar-refractivity contribution in [2.24, 2.45) is 0 Å². The van der Waals surface area contributed by atoms with Crippen molar-refractivity contribution in [1.29, 1.82) is 0 Å². The maximum atomic E-state index is 13.5. The first-order valence-electron chi connectivity index (χ1n) is 5.29. The molecule has 0 unspecified atom stereocenters. The summed E-state index contributed by atoms with van der Waals surface area (Å²) in [6.45, 7) is 3.81. The van der Waals surface area contributed by atoms with Gasteiger partial charge >= 0.3 is 0 Å². The third-order valence-corrected chi connectivity index (χ3v) is 2.32. The van der Waals surface area contributed by atoms with Crippen LogP contribution in [0.15, 0.2) is 18.2 Å². The average molecular weight is 227 g/mol. The zero-order valence-electron chi connectivity index (χ0n) is 9.46. The van der Waals surface area contributed by atoms with Crippen molar-refractivity contribution >= 4 is 11.6 Å². The molecule has 0 N–H and O–H groups in total. The number of halogens is 2. The lowest BCUT2D eigenvalue weighted by atomic mass is 10.2. The largest absolute Gasteiger partial charge is 0.310 e. The summed E-state index contributed by atoms with van der Waals surface area (Å²) in [5.41, 5.74) is 0.141. The van der Waals surface area contributed by atoms with Gasteiger partial charge in [-0.15, -0.1) is 0 Å². The minimum absolute atomic E-state index is 0.141. The van der Waals surface area contributed by atoms with Gasteiger partial charge < -0.3 is 4.90 Å². The summed E-state index contributed by atoms with van der Waals surface area (Å²) < 4.78 is 26.2. The van der Waals surface area contributed by atoms with Gasteiger partial charge in [0.15, 0.2) is 0 Å². The van der Waals surface area contributed by atoms with Crippen LogP contribution in [-0.4, -0.2) is 12.5 Å². The molecule has 1 rings (SSSR count). The molecule has 0 spiro atoms. The van der Waals surface area contributed by atoms with Gasteiger partial charge in [-0.3, -0.25) is 4.79 Å². The molecule has 0 bridgehead atoms. The van der Waals surface area contributed by atoms with Crippen LogP contribution in [0.5, 0.6) is 0 Å². The summed E-state index contributed by atoms with van der Waals surface area (Å²) in [6.07, 6.45) is 1.70. The van der Waals surface area contributed by atoms with E-state index in [1.807, 2.05) is 6.92 Å². The third kappa shape index (κ3) is 3.02. The Hall–Kier alpha value is -1.45. The van der Waals surface area contributed by atoms with Crippen molar-refractivity contribution in [1.82, 2.24) is 0 Å². The minimum Gasteiger partial charge on any atom is -0.310 e. The van der Waals surface area contributed by atoms with E-state index in [0.29, 0.717) is 6.54 Å². The van der Waals surface area contributed by atoms with Crippen LogP contribution in [0.2, 0.25) is 0 Å². The van der Waals surface area contributed by atoms with Crippen molar-refractivity contribution in [3.63, 3.8) is 0 Å². The standard InChI is InChI=1S/C12H15F2NO/c1-3-4-7-15(9(2)16)12-6-5-10(13)8-11(12)14/h5-6,8H,3-4,7H2,1-2H3. The molecule has 0 aromatic heterocycles. The monoisotopic (exact) mass is 227 g/mol. The van der Waals surface area contributed by atoms with Crippen LogP contribution in [0.1, 0.15) is 26.7 Å². The molecule has 0 fully saturated rings. The molecule has 16 heavy (non-hydrogen) atoms. The van der Waals surface area contributed by atoms with Gasteiger partial charge in [0.1, 0.15) is 11.6 Å². The highest BCUT2D eigenvalue weighted by atomic mass is 19.1. The summed E-state index contributed by atoms with van der Waals surface area (Å²) in [5.74, 6) is -1.58. The van der Waals surface area contributed by atoms with E-state index >= 15 is 0 Å². The maximum Gasteiger partial charge on any atom is 0.223 e. The third-order valence-electron chi connectivity index (χ3n) is 2.32. The molecule has 0 aliphatic heterocycles. The van der Waals surface area contributed by atoms with E-state index in [1.54, 1.807) is 0 Å². The zero-order chi connectivity index (χ0) is 12.1. The predicted octanol–water partition coefficient (Wildman–Crippen LogP) is 3.12. The molecule has 0 aliphatic carbocycles. The van der Waals surface area contributed by atoms with E-state index < -0.39 is 11.6 Å². The minimum atomic E-state index is -0.702. The highest BCUT2D eigenvalue weighted by Gasteiger charge is 2.15. The van der Waals surface area contributed by atoms with Crippen molar-refractivity contribution in [2.45, 2.75) is 26.7 Å². The molecule has 1 aromatic carbocycles. The molecular weight excluding hydrogens is 212 g/mol. The summed E-state index contributed by atoms with van der Waals surface area (Å²) in [4.78, 5) is 12.7. The van der Waals surface area contributed by atoms with Gasteiger partial charge in [0.2, 0.25) is 5.91 Å². The Morgan fingerprint density at radius 2 is 2.06 bits per heavy atom. The maximum absolute atomic E-state index is 13.5. The average Bonchev–Trinajstić information content (AvgIpc) is 2.20. The first-order chi connectivity index (χ1) is 7.56. The van der Waals surface area contributed by atoms with E-state index in [9.17, 15) is 13.6 Å². The van der Waals surface area contributed by atoms with Crippen LogP contribution in [-0.2, 0) is 4.79 Å². The summed E-state index contributed by atoms with van der Waals surface area (Å²) in [6, 6.07) is 3.24. The van der Waals surface area contributed by atoms with Crippen molar-refractivity contribution in [3.05, 3.63) is 29.8 Å². The number of anilines is 1. The zero-order valence-corrected chi connectivity index (χ0v) is 9.46. The van der Waals surface area contributed by atoms with Crippen molar-refractivity contribution < 1.29 is 13.6 Å². The molecule has 0 radical (unpaired) electrons. The number of unbranched alkanes of at least 4 members (excludes halogenated alkanes) is 1. The number of hydrogen-bond acceptors (Lipinski definition) is 1.